The molecule has 0 spiro atoms. The number of carboxylic acids is 1. The molecule has 1 N–H and O–H groups in total. The Hall–Kier alpha value is -1.51. The van der Waals surface area contributed by atoms with Crippen LogP contribution in [0.2, 0.25) is 0 Å². The number of aryl methyl sites for hydroxylation is 1. The molecule has 0 heterocycles. The molecule has 1 rings (SSSR count). The van der Waals surface area contributed by atoms with Gasteiger partial charge in [-0.15, -0.1) is 0 Å². The van der Waals surface area contributed by atoms with Gasteiger partial charge in [0, 0.05) is 0 Å². The summed E-state index contributed by atoms with van der Waals surface area (Å²) in [4.78, 5) is 11.2. The van der Waals surface area contributed by atoms with Gasteiger partial charge in [-0.25, -0.2) is 4.79 Å². The first kappa shape index (κ1) is 13.6. The van der Waals surface area contributed by atoms with E-state index >= 15 is 0 Å². The summed E-state index contributed by atoms with van der Waals surface area (Å²) < 4.78 is 5.60. The maximum absolute atomic E-state index is 11.2. The molecule has 3 nitrogen and oxygen atoms in total. The third-order valence-corrected chi connectivity index (χ3v) is 2.85. The molecule has 3 heteroatoms. The average molecular weight is 236 g/mol. The second-order valence-corrected chi connectivity index (χ2v) is 4.39. The standard InChI is InChI=1S/C14H20O3/c1-4-10-14(3,13(15)16)17-12-8-6-11(5-2)7-9-12/h6-9H,4-5,10H2,1-3H3,(H,15,16). The van der Waals surface area contributed by atoms with Gasteiger partial charge in [-0.05, 0) is 37.5 Å². The fourth-order valence-corrected chi connectivity index (χ4v) is 1.73. The number of carboxylic acid groups (broad SMARTS) is 1. The second kappa shape index (κ2) is 5.71. The van der Waals surface area contributed by atoms with Gasteiger partial charge in [0.2, 0.25) is 5.60 Å². The predicted octanol–water partition coefficient (Wildman–Crippen LogP) is 3.27. The molecule has 0 aromatic heterocycles. The van der Waals surface area contributed by atoms with Gasteiger partial charge in [0.05, 0.1) is 0 Å². The molecule has 0 saturated heterocycles. The molecule has 17 heavy (non-hydrogen) atoms. The number of hydrogen-bond acceptors (Lipinski definition) is 2. The van der Waals surface area contributed by atoms with Gasteiger partial charge < -0.3 is 9.84 Å². The smallest absolute Gasteiger partial charge is 0.347 e. The van der Waals surface area contributed by atoms with Gasteiger partial charge in [0.25, 0.3) is 0 Å². The van der Waals surface area contributed by atoms with Crippen molar-refractivity contribution in [1.82, 2.24) is 0 Å². The molecule has 0 aliphatic carbocycles. The minimum absolute atomic E-state index is 0.498. The Kier molecular flexibility index (Phi) is 4.55. The van der Waals surface area contributed by atoms with E-state index in [0.29, 0.717) is 12.2 Å². The predicted molar refractivity (Wildman–Crippen MR) is 67.4 cm³/mol. The molecule has 0 fully saturated rings. The first-order valence-electron chi connectivity index (χ1n) is 6.03. The highest BCUT2D eigenvalue weighted by Crippen LogP contribution is 2.23. The zero-order chi connectivity index (χ0) is 12.9. The SMILES string of the molecule is CCCC(C)(Oc1ccc(CC)cc1)C(=O)O. The average Bonchev–Trinajstić information content (AvgIpc) is 2.30. The Bertz CT molecular complexity index is 370. The van der Waals surface area contributed by atoms with E-state index in [2.05, 4.69) is 6.92 Å². The third-order valence-electron chi connectivity index (χ3n) is 2.85. The number of ether oxygens (including phenoxy) is 1. The van der Waals surface area contributed by atoms with E-state index in [1.807, 2.05) is 31.2 Å². The summed E-state index contributed by atoms with van der Waals surface area (Å²) in [6.45, 7) is 5.64. The lowest BCUT2D eigenvalue weighted by Crippen LogP contribution is -2.41. The molecular formula is C14H20O3. The molecule has 1 aromatic carbocycles. The lowest BCUT2D eigenvalue weighted by atomic mass is 10.0. The molecular weight excluding hydrogens is 216 g/mol. The van der Waals surface area contributed by atoms with Crippen molar-refractivity contribution >= 4 is 5.97 Å². The minimum Gasteiger partial charge on any atom is -0.478 e. The van der Waals surface area contributed by atoms with Crippen molar-refractivity contribution in [3.05, 3.63) is 29.8 Å². The second-order valence-electron chi connectivity index (χ2n) is 4.39. The molecule has 0 aliphatic rings. The third kappa shape index (κ3) is 3.48. The monoisotopic (exact) mass is 236 g/mol. The van der Waals surface area contributed by atoms with Gasteiger partial charge >= 0.3 is 5.97 Å². The van der Waals surface area contributed by atoms with Crippen LogP contribution in [-0.4, -0.2) is 16.7 Å². The van der Waals surface area contributed by atoms with E-state index in [0.717, 1.165) is 12.8 Å². The van der Waals surface area contributed by atoms with Crippen molar-refractivity contribution in [2.24, 2.45) is 0 Å². The summed E-state index contributed by atoms with van der Waals surface area (Å²) in [5.74, 6) is -0.306. The van der Waals surface area contributed by atoms with E-state index in [1.165, 1.54) is 5.56 Å². The molecule has 0 bridgehead atoms. The molecule has 0 saturated carbocycles. The fourth-order valence-electron chi connectivity index (χ4n) is 1.73. The topological polar surface area (TPSA) is 46.5 Å². The summed E-state index contributed by atoms with van der Waals surface area (Å²) in [6.07, 6.45) is 2.24. The van der Waals surface area contributed by atoms with Gasteiger partial charge in [0.15, 0.2) is 0 Å². The Morgan fingerprint density at radius 2 is 1.88 bits per heavy atom. The maximum Gasteiger partial charge on any atom is 0.347 e. The van der Waals surface area contributed by atoms with Gasteiger partial charge in [-0.3, -0.25) is 0 Å². The minimum atomic E-state index is -1.14. The zero-order valence-electron chi connectivity index (χ0n) is 10.7. The lowest BCUT2D eigenvalue weighted by Gasteiger charge is -2.26. The molecule has 1 aromatic rings. The van der Waals surface area contributed by atoms with Crippen LogP contribution < -0.4 is 4.74 Å². The fraction of sp³-hybridized carbons (Fsp3) is 0.500. The quantitative estimate of drug-likeness (QED) is 0.824. The van der Waals surface area contributed by atoms with Crippen molar-refractivity contribution in [1.29, 1.82) is 0 Å². The van der Waals surface area contributed by atoms with Crippen molar-refractivity contribution < 1.29 is 14.6 Å². The van der Waals surface area contributed by atoms with Crippen LogP contribution in [0, 0.1) is 0 Å². The summed E-state index contributed by atoms with van der Waals surface area (Å²) >= 11 is 0. The first-order valence-corrected chi connectivity index (χ1v) is 6.03. The normalized spacial score (nSPS) is 14.1. The summed E-state index contributed by atoms with van der Waals surface area (Å²) in [7, 11) is 0. The van der Waals surface area contributed by atoms with E-state index in [9.17, 15) is 9.90 Å². The first-order chi connectivity index (χ1) is 8.01. The summed E-state index contributed by atoms with van der Waals surface area (Å²) in [5, 5.41) is 9.20. The number of hydrogen-bond donors (Lipinski definition) is 1. The van der Waals surface area contributed by atoms with Crippen molar-refractivity contribution in [2.75, 3.05) is 0 Å². The van der Waals surface area contributed by atoms with Gasteiger partial charge in [-0.2, -0.15) is 0 Å². The lowest BCUT2D eigenvalue weighted by molar-refractivity contribution is -0.154. The number of carbonyl (C=O) groups is 1. The highest BCUT2D eigenvalue weighted by molar-refractivity contribution is 5.77. The molecule has 0 amide bonds. The van der Waals surface area contributed by atoms with E-state index < -0.39 is 11.6 Å². The van der Waals surface area contributed by atoms with Crippen LogP contribution in [0.4, 0.5) is 0 Å². The van der Waals surface area contributed by atoms with E-state index in [4.69, 9.17) is 4.74 Å². The summed E-state index contributed by atoms with van der Waals surface area (Å²) in [5.41, 5.74) is 0.0764. The van der Waals surface area contributed by atoms with E-state index in [1.54, 1.807) is 6.92 Å². The van der Waals surface area contributed by atoms with Crippen LogP contribution in [0.5, 0.6) is 5.75 Å². The number of aliphatic carboxylic acids is 1. The number of benzene rings is 1. The van der Waals surface area contributed by atoms with Crippen molar-refractivity contribution in [2.45, 2.75) is 45.6 Å². The number of rotatable bonds is 6. The largest absolute Gasteiger partial charge is 0.478 e. The van der Waals surface area contributed by atoms with Crippen LogP contribution in [0.25, 0.3) is 0 Å². The van der Waals surface area contributed by atoms with Crippen LogP contribution >= 0.6 is 0 Å². The zero-order valence-corrected chi connectivity index (χ0v) is 10.7. The van der Waals surface area contributed by atoms with Crippen molar-refractivity contribution in [3.63, 3.8) is 0 Å². The molecule has 1 atom stereocenters. The highest BCUT2D eigenvalue weighted by atomic mass is 16.5. The Balaban J connectivity index is 2.82. The van der Waals surface area contributed by atoms with Crippen LogP contribution in [-0.2, 0) is 11.2 Å². The Morgan fingerprint density at radius 1 is 1.29 bits per heavy atom. The molecule has 1 unspecified atom stereocenters. The Morgan fingerprint density at radius 3 is 2.29 bits per heavy atom. The van der Waals surface area contributed by atoms with Gasteiger partial charge in [0.1, 0.15) is 5.75 Å². The highest BCUT2D eigenvalue weighted by Gasteiger charge is 2.34. The van der Waals surface area contributed by atoms with Crippen molar-refractivity contribution in [3.8, 4) is 5.75 Å². The summed E-state index contributed by atoms with van der Waals surface area (Å²) in [6, 6.07) is 7.58. The van der Waals surface area contributed by atoms with E-state index in [-0.39, 0.29) is 0 Å². The maximum atomic E-state index is 11.2. The Labute approximate surface area is 102 Å². The van der Waals surface area contributed by atoms with Crippen LogP contribution in [0.3, 0.4) is 0 Å². The molecule has 94 valence electrons. The van der Waals surface area contributed by atoms with Crippen LogP contribution in [0.1, 0.15) is 39.2 Å². The molecule has 0 radical (unpaired) electrons. The van der Waals surface area contributed by atoms with Crippen LogP contribution in [0.15, 0.2) is 24.3 Å². The van der Waals surface area contributed by atoms with Gasteiger partial charge in [-0.1, -0.05) is 32.4 Å². The molecule has 0 aliphatic heterocycles.